The Morgan fingerprint density at radius 3 is 2.40 bits per heavy atom. The second kappa shape index (κ2) is 5.88. The molecule has 2 fully saturated rings. The number of hydrogen-bond acceptors (Lipinski definition) is 2. The molecule has 2 heteroatoms. The third kappa shape index (κ3) is 2.50. The van der Waals surface area contributed by atoms with Crippen LogP contribution in [0.5, 0.6) is 0 Å². The van der Waals surface area contributed by atoms with Crippen LogP contribution in [0.1, 0.15) is 31.7 Å². The van der Waals surface area contributed by atoms with Crippen molar-refractivity contribution < 1.29 is 0 Å². The van der Waals surface area contributed by atoms with Gasteiger partial charge in [-0.15, -0.1) is 0 Å². The lowest BCUT2D eigenvalue weighted by Crippen LogP contribution is -2.45. The minimum Gasteiger partial charge on any atom is -0.337 e. The first-order valence-corrected chi connectivity index (χ1v) is 9.89. The van der Waals surface area contributed by atoms with Crippen LogP contribution < -0.4 is 4.90 Å². The van der Waals surface area contributed by atoms with Gasteiger partial charge in [0.05, 0.1) is 0 Å². The first kappa shape index (κ1) is 15.5. The summed E-state index contributed by atoms with van der Waals surface area (Å²) >= 11 is 0. The van der Waals surface area contributed by atoms with E-state index in [-0.39, 0.29) is 0 Å². The Bertz CT molecular complexity index is 748. The number of nitrogens with zero attached hydrogens (tertiary/aromatic N) is 2. The normalized spacial score (nSPS) is 33.8. The van der Waals surface area contributed by atoms with Crippen LogP contribution >= 0.6 is 0 Å². The molecule has 2 heterocycles. The molecule has 1 aliphatic carbocycles. The molecule has 2 aliphatic heterocycles. The van der Waals surface area contributed by atoms with Crippen molar-refractivity contribution >= 4 is 11.4 Å². The molecule has 1 saturated carbocycles. The monoisotopic (exact) mass is 332 g/mol. The van der Waals surface area contributed by atoms with E-state index in [9.17, 15) is 0 Å². The molecule has 1 saturated heterocycles. The highest BCUT2D eigenvalue weighted by Crippen LogP contribution is 2.50. The van der Waals surface area contributed by atoms with E-state index in [4.69, 9.17) is 0 Å². The molecule has 130 valence electrons. The zero-order valence-corrected chi connectivity index (χ0v) is 15.3. The van der Waals surface area contributed by atoms with Crippen molar-refractivity contribution in [3.63, 3.8) is 0 Å². The molecule has 3 aliphatic rings. The predicted octanol–water partition coefficient (Wildman–Crippen LogP) is 4.90. The number of fused-ring (bicyclic) bond motifs is 3. The second-order valence-corrected chi connectivity index (χ2v) is 8.37. The number of anilines is 2. The Hall–Kier alpha value is -1.80. The summed E-state index contributed by atoms with van der Waals surface area (Å²) in [6.07, 6.45) is 1.27. The highest BCUT2D eigenvalue weighted by atomic mass is 15.2. The molecule has 2 aromatic rings. The molecule has 0 radical (unpaired) electrons. The zero-order valence-electron chi connectivity index (χ0n) is 15.3. The van der Waals surface area contributed by atoms with E-state index in [1.165, 1.54) is 37.4 Å². The Kier molecular flexibility index (Phi) is 3.63. The van der Waals surface area contributed by atoms with E-state index < -0.39 is 0 Å². The summed E-state index contributed by atoms with van der Waals surface area (Å²) in [6.45, 7) is 8.61. The first-order chi connectivity index (χ1) is 12.2. The molecular weight excluding hydrogens is 304 g/mol. The van der Waals surface area contributed by atoms with Gasteiger partial charge in [-0.1, -0.05) is 50.2 Å². The van der Waals surface area contributed by atoms with Crippen molar-refractivity contribution in [2.24, 2.45) is 17.8 Å². The van der Waals surface area contributed by atoms with Crippen LogP contribution in [0.25, 0.3) is 0 Å². The van der Waals surface area contributed by atoms with Crippen molar-refractivity contribution in [3.8, 4) is 0 Å². The van der Waals surface area contributed by atoms with Crippen LogP contribution in [0.2, 0.25) is 0 Å². The number of rotatable bonds is 3. The summed E-state index contributed by atoms with van der Waals surface area (Å²) in [7, 11) is 0. The smallest absolute Gasteiger partial charge is 0.0450 e. The molecule has 5 atom stereocenters. The van der Waals surface area contributed by atoms with Crippen molar-refractivity contribution in [2.45, 2.75) is 32.2 Å². The van der Waals surface area contributed by atoms with Crippen LogP contribution in [0, 0.1) is 17.8 Å². The van der Waals surface area contributed by atoms with Crippen molar-refractivity contribution in [2.75, 3.05) is 24.5 Å². The summed E-state index contributed by atoms with van der Waals surface area (Å²) < 4.78 is 0. The Morgan fingerprint density at radius 1 is 0.920 bits per heavy atom. The van der Waals surface area contributed by atoms with Gasteiger partial charge in [0.25, 0.3) is 0 Å². The average molecular weight is 332 g/mol. The maximum atomic E-state index is 2.75. The summed E-state index contributed by atoms with van der Waals surface area (Å²) in [6, 6.07) is 20.7. The molecular formula is C23H28N2. The predicted molar refractivity (Wildman–Crippen MR) is 104 cm³/mol. The number of para-hydroxylation sites is 2. The average Bonchev–Trinajstić information content (AvgIpc) is 3.08. The van der Waals surface area contributed by atoms with Crippen molar-refractivity contribution in [1.82, 2.24) is 4.90 Å². The number of piperidine rings is 1. The Balaban J connectivity index is 1.43. The molecule has 0 spiro atoms. The lowest BCUT2D eigenvalue weighted by atomic mass is 9.89. The fourth-order valence-electron chi connectivity index (χ4n) is 5.30. The highest BCUT2D eigenvalue weighted by Gasteiger charge is 2.46. The highest BCUT2D eigenvalue weighted by molar-refractivity contribution is 5.72. The van der Waals surface area contributed by atoms with Gasteiger partial charge in [0.1, 0.15) is 0 Å². The van der Waals surface area contributed by atoms with Crippen molar-refractivity contribution in [1.29, 1.82) is 0 Å². The first-order valence-electron chi connectivity index (χ1n) is 9.89. The largest absolute Gasteiger partial charge is 0.337 e. The summed E-state index contributed by atoms with van der Waals surface area (Å²) in [5, 5.41) is 0. The van der Waals surface area contributed by atoms with Gasteiger partial charge in [0, 0.05) is 43.0 Å². The molecule has 0 bridgehead atoms. The van der Waals surface area contributed by atoms with Crippen LogP contribution in [-0.4, -0.2) is 30.6 Å². The van der Waals surface area contributed by atoms with Crippen molar-refractivity contribution in [3.05, 3.63) is 60.2 Å². The number of likely N-dealkylation sites (tertiary alicyclic amines) is 1. The van der Waals surface area contributed by atoms with Gasteiger partial charge >= 0.3 is 0 Å². The number of hydrogen-bond donors (Lipinski definition) is 0. The molecule has 2 aromatic carbocycles. The molecule has 25 heavy (non-hydrogen) atoms. The maximum absolute atomic E-state index is 2.75. The quantitative estimate of drug-likeness (QED) is 0.789. The van der Waals surface area contributed by atoms with E-state index in [1.807, 2.05) is 0 Å². The van der Waals surface area contributed by atoms with E-state index in [0.29, 0.717) is 12.0 Å². The molecule has 0 amide bonds. The van der Waals surface area contributed by atoms with Crippen LogP contribution in [0.4, 0.5) is 11.4 Å². The fraction of sp³-hybridized carbons (Fsp3) is 0.478. The Morgan fingerprint density at radius 2 is 1.64 bits per heavy atom. The minimum atomic E-state index is 0.616. The molecule has 2 nitrogen and oxygen atoms in total. The van der Waals surface area contributed by atoms with E-state index >= 15 is 0 Å². The summed E-state index contributed by atoms with van der Waals surface area (Å²) in [5.74, 6) is 3.43. The summed E-state index contributed by atoms with van der Waals surface area (Å²) in [5.41, 5.74) is 4.33. The topological polar surface area (TPSA) is 6.48 Å². The van der Waals surface area contributed by atoms with Gasteiger partial charge in [0.15, 0.2) is 0 Å². The van der Waals surface area contributed by atoms with Gasteiger partial charge in [-0.05, 0) is 47.9 Å². The Labute approximate surface area is 151 Å². The third-order valence-corrected chi connectivity index (χ3v) is 7.13. The fourth-order valence-corrected chi connectivity index (χ4v) is 5.30. The lowest BCUT2D eigenvalue weighted by molar-refractivity contribution is 0.185. The van der Waals surface area contributed by atoms with Gasteiger partial charge in [-0.25, -0.2) is 0 Å². The van der Waals surface area contributed by atoms with E-state index in [2.05, 4.69) is 78.2 Å². The van der Waals surface area contributed by atoms with Gasteiger partial charge in [-0.3, -0.25) is 0 Å². The van der Waals surface area contributed by atoms with E-state index in [0.717, 1.165) is 17.8 Å². The molecule has 0 N–H and O–H groups in total. The lowest BCUT2D eigenvalue weighted by Gasteiger charge is -2.39. The standard InChI is InChI=1S/C23H28N2/c1-16-17(2)20(16)14-24-13-12-23-21(15-24)19-10-6-7-11-22(19)25(23)18-8-4-3-5-9-18/h3-11,16-17,20-21,23H,12-15H2,1-2H3/t16-,17+,20+,21?,23?. The van der Waals surface area contributed by atoms with Gasteiger partial charge in [-0.2, -0.15) is 0 Å². The molecule has 0 aromatic heterocycles. The van der Waals surface area contributed by atoms with Crippen LogP contribution in [0.15, 0.2) is 54.6 Å². The van der Waals surface area contributed by atoms with E-state index in [1.54, 1.807) is 5.56 Å². The maximum Gasteiger partial charge on any atom is 0.0450 e. The second-order valence-electron chi connectivity index (χ2n) is 8.37. The zero-order chi connectivity index (χ0) is 17.0. The van der Waals surface area contributed by atoms with Crippen LogP contribution in [-0.2, 0) is 0 Å². The van der Waals surface area contributed by atoms with Crippen LogP contribution in [0.3, 0.4) is 0 Å². The molecule has 5 rings (SSSR count). The third-order valence-electron chi connectivity index (χ3n) is 7.13. The van der Waals surface area contributed by atoms with Gasteiger partial charge in [0.2, 0.25) is 0 Å². The molecule has 2 unspecified atom stereocenters. The summed E-state index contributed by atoms with van der Waals surface area (Å²) in [4.78, 5) is 5.36. The minimum absolute atomic E-state index is 0.616. The number of benzene rings is 2. The van der Waals surface area contributed by atoms with Gasteiger partial charge < -0.3 is 9.80 Å². The SMILES string of the molecule is C[C@@H]1[C@H](C)[C@H]1CN1CCC2C(C1)c1ccccc1N2c1ccccc1.